The van der Waals surface area contributed by atoms with E-state index < -0.39 is 0 Å². The first-order valence-corrected chi connectivity index (χ1v) is 8.27. The topological polar surface area (TPSA) is 0 Å². The lowest BCUT2D eigenvalue weighted by molar-refractivity contribution is 0.346. The Kier molecular flexibility index (Phi) is 5.34. The number of alkyl halides is 5. The molecule has 0 heterocycles. The molecule has 0 nitrogen and oxygen atoms in total. The van der Waals surface area contributed by atoms with Crippen LogP contribution in [0.25, 0.3) is 0 Å². The first kappa shape index (κ1) is 13.5. The maximum Gasteiger partial charge on any atom is 0.160 e. The first-order chi connectivity index (χ1) is 5.86. The SMILES string of the molecule is BrC(Br)(Br)C(Br)(Br)C1CCCCC1. The van der Waals surface area contributed by atoms with Gasteiger partial charge in [0.25, 0.3) is 0 Å². The molecule has 13 heavy (non-hydrogen) atoms. The molecule has 0 bridgehead atoms. The Morgan fingerprint density at radius 2 is 1.23 bits per heavy atom. The highest BCUT2D eigenvalue weighted by molar-refractivity contribution is 9.41. The minimum absolute atomic E-state index is 0.118. The largest absolute Gasteiger partial charge is 0.160 e. The molecule has 0 saturated heterocycles. The van der Waals surface area contributed by atoms with Crippen molar-refractivity contribution >= 4 is 79.6 Å². The van der Waals surface area contributed by atoms with Crippen LogP contribution in [-0.4, -0.2) is 5.38 Å². The van der Waals surface area contributed by atoms with Crippen molar-refractivity contribution in [2.24, 2.45) is 5.92 Å². The number of hydrogen-bond acceptors (Lipinski definition) is 0. The van der Waals surface area contributed by atoms with E-state index in [1.54, 1.807) is 0 Å². The van der Waals surface area contributed by atoms with Gasteiger partial charge in [0.1, 0.15) is 3.23 Å². The van der Waals surface area contributed by atoms with E-state index in [0.29, 0.717) is 5.92 Å². The second kappa shape index (κ2) is 5.15. The number of rotatable bonds is 1. The minimum atomic E-state index is -0.276. The first-order valence-electron chi connectivity index (χ1n) is 4.30. The second-order valence-corrected chi connectivity index (χ2v) is 13.8. The van der Waals surface area contributed by atoms with E-state index in [1.165, 1.54) is 32.1 Å². The maximum atomic E-state index is 3.74. The van der Waals surface area contributed by atoms with Crippen LogP contribution < -0.4 is 0 Å². The third-order valence-electron chi connectivity index (χ3n) is 2.50. The third kappa shape index (κ3) is 3.43. The van der Waals surface area contributed by atoms with Crippen LogP contribution in [0.4, 0.5) is 0 Å². The van der Waals surface area contributed by atoms with E-state index >= 15 is 0 Å². The van der Waals surface area contributed by atoms with Crippen LogP contribution in [-0.2, 0) is 0 Å². The van der Waals surface area contributed by atoms with Crippen LogP contribution in [0.15, 0.2) is 0 Å². The summed E-state index contributed by atoms with van der Waals surface area (Å²) in [4.78, 5) is 0. The molecule has 78 valence electrons. The molecule has 0 aromatic rings. The van der Waals surface area contributed by atoms with Crippen molar-refractivity contribution in [2.45, 2.75) is 37.5 Å². The third-order valence-corrected chi connectivity index (χ3v) is 10.0. The van der Waals surface area contributed by atoms with Gasteiger partial charge < -0.3 is 0 Å². The van der Waals surface area contributed by atoms with E-state index in [4.69, 9.17) is 0 Å². The molecule has 0 spiro atoms. The normalized spacial score (nSPS) is 21.9. The summed E-state index contributed by atoms with van der Waals surface area (Å²) in [5.74, 6) is 0.652. The van der Waals surface area contributed by atoms with Gasteiger partial charge in [0.2, 0.25) is 0 Å². The molecule has 0 aromatic heterocycles. The summed E-state index contributed by atoms with van der Waals surface area (Å²) in [5, 5.41) is 0. The van der Waals surface area contributed by atoms with E-state index in [1.807, 2.05) is 0 Å². The predicted molar refractivity (Wildman–Crippen MR) is 76.7 cm³/mol. The quantitative estimate of drug-likeness (QED) is 0.389. The highest BCUT2D eigenvalue weighted by Gasteiger charge is 2.48. The van der Waals surface area contributed by atoms with Gasteiger partial charge in [-0.25, -0.2) is 0 Å². The van der Waals surface area contributed by atoms with Crippen LogP contribution >= 0.6 is 79.6 Å². The van der Waals surface area contributed by atoms with Gasteiger partial charge in [0, 0.05) is 0 Å². The number of halogens is 5. The highest BCUT2D eigenvalue weighted by Crippen LogP contribution is 2.59. The van der Waals surface area contributed by atoms with E-state index in [-0.39, 0.29) is 5.38 Å². The molecule has 0 amide bonds. The van der Waals surface area contributed by atoms with Gasteiger partial charge in [0.15, 0.2) is 2.14 Å². The standard InChI is InChI=1S/C8H11Br5/c9-7(10,8(11,12)13)6-4-2-1-3-5-6/h6H,1-5H2. The summed E-state index contributed by atoms with van der Waals surface area (Å²) in [6.07, 6.45) is 6.62. The van der Waals surface area contributed by atoms with Crippen LogP contribution in [0.3, 0.4) is 0 Å². The van der Waals surface area contributed by atoms with Crippen LogP contribution in [0.5, 0.6) is 0 Å². The molecule has 1 aliphatic carbocycles. The minimum Gasteiger partial charge on any atom is -0.0689 e. The number of hydrogen-bond donors (Lipinski definition) is 0. The fourth-order valence-corrected chi connectivity index (χ4v) is 3.58. The van der Waals surface area contributed by atoms with Gasteiger partial charge in [0.05, 0.1) is 0 Å². The maximum absolute atomic E-state index is 3.74. The summed E-state index contributed by atoms with van der Waals surface area (Å²) in [6.45, 7) is 0. The Bertz CT molecular complexity index is 166. The monoisotopic (exact) mass is 502 g/mol. The van der Waals surface area contributed by atoms with Crippen molar-refractivity contribution < 1.29 is 0 Å². The van der Waals surface area contributed by atoms with Crippen molar-refractivity contribution in [2.75, 3.05) is 0 Å². The van der Waals surface area contributed by atoms with E-state index in [0.717, 1.165) is 0 Å². The Balaban J connectivity index is 2.67. The van der Waals surface area contributed by atoms with Crippen LogP contribution in [0.1, 0.15) is 32.1 Å². The van der Waals surface area contributed by atoms with E-state index in [9.17, 15) is 0 Å². The van der Waals surface area contributed by atoms with Gasteiger partial charge >= 0.3 is 0 Å². The Morgan fingerprint density at radius 1 is 0.769 bits per heavy atom. The van der Waals surface area contributed by atoms with Crippen molar-refractivity contribution in [3.8, 4) is 0 Å². The van der Waals surface area contributed by atoms with Gasteiger partial charge in [-0.2, -0.15) is 0 Å². The van der Waals surface area contributed by atoms with Gasteiger partial charge in [-0.1, -0.05) is 98.9 Å². The van der Waals surface area contributed by atoms with Crippen LogP contribution in [0, 0.1) is 5.92 Å². The lowest BCUT2D eigenvalue weighted by atomic mass is 9.87. The predicted octanol–water partition coefficient (Wildman–Crippen LogP) is 5.89. The van der Waals surface area contributed by atoms with Crippen molar-refractivity contribution in [3.05, 3.63) is 0 Å². The highest BCUT2D eigenvalue weighted by atomic mass is 80.0. The average Bonchev–Trinajstić information content (AvgIpc) is 2.04. The lowest BCUT2D eigenvalue weighted by Crippen LogP contribution is -2.37. The summed E-state index contributed by atoms with van der Waals surface area (Å²) < 4.78 is -0.393. The lowest BCUT2D eigenvalue weighted by Gasteiger charge is -2.39. The molecule has 1 fully saturated rings. The Labute approximate surface area is 122 Å². The van der Waals surface area contributed by atoms with Crippen molar-refractivity contribution in [3.63, 3.8) is 0 Å². The van der Waals surface area contributed by atoms with E-state index in [2.05, 4.69) is 79.6 Å². The molecule has 0 aromatic carbocycles. The molecule has 1 saturated carbocycles. The summed E-state index contributed by atoms with van der Waals surface area (Å²) in [7, 11) is 0. The molecule has 5 heteroatoms. The fraction of sp³-hybridized carbons (Fsp3) is 1.00. The Hall–Kier alpha value is 2.40. The molecule has 1 aliphatic rings. The van der Waals surface area contributed by atoms with Crippen molar-refractivity contribution in [1.29, 1.82) is 0 Å². The summed E-state index contributed by atoms with van der Waals surface area (Å²) >= 11 is 18.2. The zero-order chi connectivity index (χ0) is 10.1. The summed E-state index contributed by atoms with van der Waals surface area (Å²) in [6, 6.07) is 0. The second-order valence-electron chi connectivity index (χ2n) is 3.46. The molecule has 0 N–H and O–H groups in total. The molecular formula is C8H11Br5. The zero-order valence-electron chi connectivity index (χ0n) is 7.00. The van der Waals surface area contributed by atoms with Crippen molar-refractivity contribution in [1.82, 2.24) is 0 Å². The molecule has 0 radical (unpaired) electrons. The molecular weight excluding hydrogens is 496 g/mol. The molecule has 0 aliphatic heterocycles. The average molecular weight is 507 g/mol. The molecule has 0 atom stereocenters. The summed E-state index contributed by atoms with van der Waals surface area (Å²) in [5.41, 5.74) is 0. The van der Waals surface area contributed by atoms with Crippen LogP contribution in [0.2, 0.25) is 0 Å². The van der Waals surface area contributed by atoms with Gasteiger partial charge in [-0.05, 0) is 18.8 Å². The zero-order valence-corrected chi connectivity index (χ0v) is 14.9. The molecule has 0 unspecified atom stereocenters. The fourth-order valence-electron chi connectivity index (χ4n) is 1.70. The van der Waals surface area contributed by atoms with Gasteiger partial charge in [-0.15, -0.1) is 0 Å². The van der Waals surface area contributed by atoms with Gasteiger partial charge in [-0.3, -0.25) is 0 Å². The molecule has 1 rings (SSSR count). The Morgan fingerprint density at radius 3 is 1.62 bits per heavy atom. The smallest absolute Gasteiger partial charge is 0.0689 e.